The molecule has 2 aliphatic rings. The van der Waals surface area contributed by atoms with Crippen LogP contribution in [0.3, 0.4) is 0 Å². The van der Waals surface area contributed by atoms with Crippen LogP contribution in [-0.4, -0.2) is 78.1 Å². The van der Waals surface area contributed by atoms with Gasteiger partial charge >= 0.3 is 0 Å². The lowest BCUT2D eigenvalue weighted by Crippen LogP contribution is -2.61. The number of sulfone groups is 1. The molecule has 0 radical (unpaired) electrons. The number of hydrogen-bond donors (Lipinski definition) is 1. The minimum absolute atomic E-state index is 0.0393. The Morgan fingerprint density at radius 3 is 2.49 bits per heavy atom. The molecule has 8 nitrogen and oxygen atoms in total. The molecule has 0 atom stereocenters. The molecule has 2 saturated heterocycles. The first kappa shape index (κ1) is 27.3. The number of rotatable bonds is 7. The standard InChI is InChI=1S/C31H32FN5O3S/c1-3-28(38)37-18-31(19-37)11-14-36(15-12-31)13-10-21-4-6-22(7-5-21)27-17-25-29(33-20-34-30(25)35-27)24-9-8-23(16-26(24)32)41(2,39)40/h3-9,16-17,20H,1,10-15,18-19H2,2H3,(H,33,34,35). The van der Waals surface area contributed by atoms with Gasteiger partial charge in [0.25, 0.3) is 0 Å². The molecular weight excluding hydrogens is 541 g/mol. The largest absolute Gasteiger partial charge is 0.339 e. The topological polar surface area (TPSA) is 99.3 Å². The first-order valence-corrected chi connectivity index (χ1v) is 15.6. The van der Waals surface area contributed by atoms with Crippen LogP contribution in [0.1, 0.15) is 18.4 Å². The van der Waals surface area contributed by atoms with Gasteiger partial charge in [0.1, 0.15) is 17.8 Å². The highest BCUT2D eigenvalue weighted by Gasteiger charge is 2.45. The highest BCUT2D eigenvalue weighted by molar-refractivity contribution is 7.90. The van der Waals surface area contributed by atoms with Gasteiger partial charge in [-0.05, 0) is 73.8 Å². The number of aromatic nitrogens is 3. The van der Waals surface area contributed by atoms with E-state index >= 15 is 0 Å². The van der Waals surface area contributed by atoms with Gasteiger partial charge in [-0.25, -0.2) is 22.8 Å². The van der Waals surface area contributed by atoms with E-state index in [1.165, 1.54) is 30.1 Å². The van der Waals surface area contributed by atoms with E-state index in [4.69, 9.17) is 0 Å². The van der Waals surface area contributed by atoms with E-state index in [-0.39, 0.29) is 16.4 Å². The average Bonchev–Trinajstić information content (AvgIpc) is 3.39. The number of aromatic amines is 1. The van der Waals surface area contributed by atoms with Gasteiger partial charge in [0, 0.05) is 47.9 Å². The minimum Gasteiger partial charge on any atom is -0.339 e. The normalized spacial score (nSPS) is 17.1. The lowest BCUT2D eigenvalue weighted by molar-refractivity contribution is -0.141. The number of nitrogens with one attached hydrogen (secondary N) is 1. The molecule has 2 aromatic heterocycles. The molecule has 212 valence electrons. The van der Waals surface area contributed by atoms with Crippen molar-refractivity contribution in [2.75, 3.05) is 39.0 Å². The zero-order valence-corrected chi connectivity index (χ0v) is 23.8. The number of likely N-dealkylation sites (tertiary alicyclic amines) is 2. The van der Waals surface area contributed by atoms with Crippen molar-refractivity contribution in [3.63, 3.8) is 0 Å². The maximum Gasteiger partial charge on any atom is 0.245 e. The Kier molecular flexibility index (Phi) is 6.99. The van der Waals surface area contributed by atoms with E-state index in [2.05, 4.69) is 50.7 Å². The fourth-order valence-corrected chi connectivity index (χ4v) is 6.62. The number of halogens is 1. The molecule has 4 heterocycles. The average molecular weight is 574 g/mol. The van der Waals surface area contributed by atoms with Gasteiger partial charge in [-0.2, -0.15) is 0 Å². The number of carbonyl (C=O) groups excluding carboxylic acids is 1. The third-order valence-corrected chi connectivity index (χ3v) is 9.60. The van der Waals surface area contributed by atoms with E-state index in [0.29, 0.717) is 22.1 Å². The van der Waals surface area contributed by atoms with E-state index in [1.54, 1.807) is 0 Å². The Hall–Kier alpha value is -3.89. The zero-order valence-electron chi connectivity index (χ0n) is 22.9. The molecule has 41 heavy (non-hydrogen) atoms. The first-order chi connectivity index (χ1) is 19.6. The zero-order chi connectivity index (χ0) is 28.8. The quantitative estimate of drug-likeness (QED) is 0.327. The predicted octanol–water partition coefficient (Wildman–Crippen LogP) is 4.49. The van der Waals surface area contributed by atoms with Gasteiger partial charge in [0.15, 0.2) is 9.84 Å². The molecular formula is C31H32FN5O3S. The summed E-state index contributed by atoms with van der Waals surface area (Å²) in [5.41, 5.74) is 4.57. The molecule has 0 saturated carbocycles. The molecule has 6 rings (SSSR count). The summed E-state index contributed by atoms with van der Waals surface area (Å²) in [6.45, 7) is 8.42. The van der Waals surface area contributed by atoms with Crippen molar-refractivity contribution in [2.24, 2.45) is 5.41 Å². The molecule has 1 spiro atoms. The number of carbonyl (C=O) groups is 1. The van der Waals surface area contributed by atoms with Crippen LogP contribution < -0.4 is 0 Å². The third kappa shape index (κ3) is 5.41. The predicted molar refractivity (Wildman–Crippen MR) is 156 cm³/mol. The number of benzene rings is 2. The summed E-state index contributed by atoms with van der Waals surface area (Å²) in [5.74, 6) is -0.612. The molecule has 4 aromatic rings. The smallest absolute Gasteiger partial charge is 0.245 e. The van der Waals surface area contributed by atoms with Crippen molar-refractivity contribution in [3.8, 4) is 22.5 Å². The Bertz CT molecular complexity index is 1730. The molecule has 10 heteroatoms. The number of H-pyrrole nitrogens is 1. The maximum absolute atomic E-state index is 14.9. The number of amides is 1. The fourth-order valence-electron chi connectivity index (χ4n) is 5.98. The summed E-state index contributed by atoms with van der Waals surface area (Å²) in [4.78, 5) is 28.0. The Morgan fingerprint density at radius 2 is 1.83 bits per heavy atom. The summed E-state index contributed by atoms with van der Waals surface area (Å²) in [6, 6.07) is 14.2. The van der Waals surface area contributed by atoms with Crippen molar-refractivity contribution in [1.82, 2.24) is 24.8 Å². The first-order valence-electron chi connectivity index (χ1n) is 13.7. The molecule has 0 unspecified atom stereocenters. The van der Waals surface area contributed by atoms with Gasteiger partial charge in [0.2, 0.25) is 5.91 Å². The monoisotopic (exact) mass is 573 g/mol. The van der Waals surface area contributed by atoms with Crippen LogP contribution in [0.25, 0.3) is 33.5 Å². The number of piperidine rings is 1. The van der Waals surface area contributed by atoms with E-state index in [1.807, 2.05) is 11.0 Å². The van der Waals surface area contributed by atoms with Crippen molar-refractivity contribution in [3.05, 3.63) is 78.9 Å². The second-order valence-electron chi connectivity index (χ2n) is 11.3. The minimum atomic E-state index is -3.52. The lowest BCUT2D eigenvalue weighted by Gasteiger charge is -2.53. The molecule has 0 bridgehead atoms. The van der Waals surface area contributed by atoms with Crippen molar-refractivity contribution < 1.29 is 17.6 Å². The van der Waals surface area contributed by atoms with Crippen molar-refractivity contribution in [2.45, 2.75) is 24.2 Å². The van der Waals surface area contributed by atoms with Gasteiger partial charge in [-0.1, -0.05) is 30.8 Å². The summed E-state index contributed by atoms with van der Waals surface area (Å²) >= 11 is 0. The highest BCUT2D eigenvalue weighted by atomic mass is 32.2. The van der Waals surface area contributed by atoms with Crippen LogP contribution in [0.5, 0.6) is 0 Å². The van der Waals surface area contributed by atoms with Gasteiger partial charge in [0.05, 0.1) is 10.6 Å². The maximum atomic E-state index is 14.9. The van der Waals surface area contributed by atoms with Gasteiger partial charge in [-0.3, -0.25) is 4.79 Å². The van der Waals surface area contributed by atoms with E-state index < -0.39 is 15.7 Å². The van der Waals surface area contributed by atoms with E-state index in [9.17, 15) is 17.6 Å². The van der Waals surface area contributed by atoms with Crippen LogP contribution in [-0.2, 0) is 21.1 Å². The van der Waals surface area contributed by atoms with Crippen LogP contribution in [0.15, 0.2) is 72.4 Å². The summed E-state index contributed by atoms with van der Waals surface area (Å²) in [6.07, 6.45) is 7.04. The van der Waals surface area contributed by atoms with Crippen LogP contribution in [0.4, 0.5) is 4.39 Å². The lowest BCUT2D eigenvalue weighted by atomic mass is 9.72. The van der Waals surface area contributed by atoms with Gasteiger partial charge in [-0.15, -0.1) is 0 Å². The summed E-state index contributed by atoms with van der Waals surface area (Å²) in [5, 5.41) is 0.656. The highest BCUT2D eigenvalue weighted by Crippen LogP contribution is 2.40. The molecule has 2 aromatic carbocycles. The fraction of sp³-hybridized carbons (Fsp3) is 0.323. The van der Waals surface area contributed by atoms with Crippen molar-refractivity contribution in [1.29, 1.82) is 0 Å². The third-order valence-electron chi connectivity index (χ3n) is 8.49. The van der Waals surface area contributed by atoms with E-state index in [0.717, 1.165) is 75.6 Å². The molecule has 0 aliphatic carbocycles. The second kappa shape index (κ2) is 10.5. The summed E-state index contributed by atoms with van der Waals surface area (Å²) in [7, 11) is -3.52. The molecule has 2 aliphatic heterocycles. The van der Waals surface area contributed by atoms with Crippen molar-refractivity contribution >= 4 is 26.8 Å². The SMILES string of the molecule is C=CC(=O)N1CC2(CCN(CCc3ccc(-c4cc5c(-c6ccc(S(C)(=O)=O)cc6F)ncnc5[nH]4)cc3)CC2)C1. The number of fused-ring (bicyclic) bond motifs is 1. The molecule has 2 fully saturated rings. The van der Waals surface area contributed by atoms with Gasteiger partial charge < -0.3 is 14.8 Å². The Balaban J connectivity index is 1.11. The Morgan fingerprint density at radius 1 is 1.10 bits per heavy atom. The van der Waals surface area contributed by atoms with Crippen LogP contribution >= 0.6 is 0 Å². The molecule has 1 amide bonds. The molecule has 1 N–H and O–H groups in total. The second-order valence-corrected chi connectivity index (χ2v) is 13.3. The number of hydrogen-bond acceptors (Lipinski definition) is 6. The van der Waals surface area contributed by atoms with Crippen LogP contribution in [0.2, 0.25) is 0 Å². The number of nitrogens with zero attached hydrogens (tertiary/aromatic N) is 4. The van der Waals surface area contributed by atoms with Crippen LogP contribution in [0, 0.1) is 11.2 Å². The summed E-state index contributed by atoms with van der Waals surface area (Å²) < 4.78 is 38.6. The Labute approximate surface area is 238 Å².